The van der Waals surface area contributed by atoms with Crippen LogP contribution in [0.5, 0.6) is 0 Å². The number of hydrogen-bond donors (Lipinski definition) is 1. The number of hydrogen-bond acceptors (Lipinski definition) is 2. The van der Waals surface area contributed by atoms with Crippen LogP contribution in [0.1, 0.15) is 6.92 Å². The van der Waals surface area contributed by atoms with Crippen LogP contribution in [0.25, 0.3) is 0 Å². The lowest BCUT2D eigenvalue weighted by molar-refractivity contribution is 1.01. The summed E-state index contributed by atoms with van der Waals surface area (Å²) in [7, 11) is 0. The third-order valence-corrected chi connectivity index (χ3v) is 1.64. The molecular formula is C9H9ClN2. The summed E-state index contributed by atoms with van der Waals surface area (Å²) in [4.78, 5) is 0. The molecular weight excluding hydrogens is 172 g/mol. The standard InChI is InChI=1S/C9H9ClN2/c1-7(6-11)12-9-4-2-3-8(10)5-9/h2-5,7,12H,1H3. The minimum absolute atomic E-state index is 0.191. The van der Waals surface area contributed by atoms with E-state index in [1.54, 1.807) is 19.1 Å². The first-order valence-electron chi connectivity index (χ1n) is 3.64. The highest BCUT2D eigenvalue weighted by Crippen LogP contribution is 2.15. The van der Waals surface area contributed by atoms with Crippen molar-refractivity contribution in [1.82, 2.24) is 0 Å². The zero-order valence-electron chi connectivity index (χ0n) is 6.71. The first-order valence-corrected chi connectivity index (χ1v) is 4.02. The van der Waals surface area contributed by atoms with Crippen molar-refractivity contribution in [3.63, 3.8) is 0 Å². The summed E-state index contributed by atoms with van der Waals surface area (Å²) >= 11 is 5.75. The molecule has 1 aromatic carbocycles. The lowest BCUT2D eigenvalue weighted by Crippen LogP contribution is -2.11. The third kappa shape index (κ3) is 2.44. The highest BCUT2D eigenvalue weighted by atomic mass is 35.5. The Labute approximate surface area is 76.8 Å². The summed E-state index contributed by atoms with van der Waals surface area (Å²) in [5.74, 6) is 0. The third-order valence-electron chi connectivity index (χ3n) is 1.40. The average molecular weight is 181 g/mol. The van der Waals surface area contributed by atoms with Crippen molar-refractivity contribution in [3.05, 3.63) is 29.3 Å². The predicted molar refractivity (Wildman–Crippen MR) is 50.1 cm³/mol. The van der Waals surface area contributed by atoms with Crippen molar-refractivity contribution in [3.8, 4) is 6.07 Å². The highest BCUT2D eigenvalue weighted by Gasteiger charge is 1.98. The van der Waals surface area contributed by atoms with Crippen LogP contribution in [-0.2, 0) is 0 Å². The van der Waals surface area contributed by atoms with Crippen LogP contribution in [0.3, 0.4) is 0 Å². The Balaban J connectivity index is 2.71. The number of anilines is 1. The maximum atomic E-state index is 8.52. The van der Waals surface area contributed by atoms with Gasteiger partial charge in [-0.05, 0) is 25.1 Å². The molecule has 1 N–H and O–H groups in total. The Morgan fingerprint density at radius 2 is 2.33 bits per heavy atom. The topological polar surface area (TPSA) is 35.8 Å². The molecule has 3 heteroatoms. The quantitative estimate of drug-likeness (QED) is 0.760. The fraction of sp³-hybridized carbons (Fsp3) is 0.222. The molecule has 0 heterocycles. The van der Waals surface area contributed by atoms with E-state index in [0.29, 0.717) is 5.02 Å². The second-order valence-corrected chi connectivity index (χ2v) is 2.94. The van der Waals surface area contributed by atoms with Gasteiger partial charge in [-0.2, -0.15) is 5.26 Å². The second kappa shape index (κ2) is 3.99. The number of benzene rings is 1. The van der Waals surface area contributed by atoms with E-state index in [4.69, 9.17) is 16.9 Å². The molecule has 0 saturated carbocycles. The summed E-state index contributed by atoms with van der Waals surface area (Å²) in [5, 5.41) is 12.2. The monoisotopic (exact) mass is 180 g/mol. The number of nitrogens with zero attached hydrogens (tertiary/aromatic N) is 1. The summed E-state index contributed by atoms with van der Waals surface area (Å²) in [6, 6.07) is 9.19. The first-order chi connectivity index (χ1) is 5.72. The van der Waals surface area contributed by atoms with Crippen molar-refractivity contribution in [2.45, 2.75) is 13.0 Å². The van der Waals surface area contributed by atoms with E-state index < -0.39 is 0 Å². The van der Waals surface area contributed by atoms with Gasteiger partial charge in [0, 0.05) is 10.7 Å². The summed E-state index contributed by atoms with van der Waals surface area (Å²) in [6.07, 6.45) is 0. The zero-order chi connectivity index (χ0) is 8.97. The number of nitriles is 1. The van der Waals surface area contributed by atoms with Gasteiger partial charge in [0.2, 0.25) is 0 Å². The van der Waals surface area contributed by atoms with Gasteiger partial charge in [-0.25, -0.2) is 0 Å². The number of rotatable bonds is 2. The van der Waals surface area contributed by atoms with Gasteiger partial charge < -0.3 is 5.32 Å². The fourth-order valence-electron chi connectivity index (χ4n) is 0.861. The van der Waals surface area contributed by atoms with Crippen LogP contribution < -0.4 is 5.32 Å². The Morgan fingerprint density at radius 1 is 1.58 bits per heavy atom. The van der Waals surface area contributed by atoms with E-state index in [-0.39, 0.29) is 6.04 Å². The van der Waals surface area contributed by atoms with Crippen LogP contribution in [0, 0.1) is 11.3 Å². The zero-order valence-corrected chi connectivity index (χ0v) is 7.47. The van der Waals surface area contributed by atoms with Gasteiger partial charge in [0.15, 0.2) is 0 Å². The second-order valence-electron chi connectivity index (χ2n) is 2.51. The van der Waals surface area contributed by atoms with Crippen molar-refractivity contribution >= 4 is 17.3 Å². The molecule has 0 amide bonds. The molecule has 1 aromatic rings. The normalized spacial score (nSPS) is 11.8. The summed E-state index contributed by atoms with van der Waals surface area (Å²) in [5.41, 5.74) is 0.872. The summed E-state index contributed by atoms with van der Waals surface area (Å²) < 4.78 is 0. The van der Waals surface area contributed by atoms with E-state index in [2.05, 4.69) is 11.4 Å². The molecule has 0 saturated heterocycles. The lowest BCUT2D eigenvalue weighted by atomic mass is 10.3. The Kier molecular flexibility index (Phi) is 2.95. The van der Waals surface area contributed by atoms with E-state index in [1.165, 1.54) is 0 Å². The van der Waals surface area contributed by atoms with Crippen molar-refractivity contribution < 1.29 is 0 Å². The van der Waals surface area contributed by atoms with Crippen molar-refractivity contribution in [2.24, 2.45) is 0 Å². The predicted octanol–water partition coefficient (Wildman–Crippen LogP) is 2.66. The van der Waals surface area contributed by atoms with E-state index >= 15 is 0 Å². The van der Waals surface area contributed by atoms with Gasteiger partial charge in [0.1, 0.15) is 6.04 Å². The van der Waals surface area contributed by atoms with Crippen molar-refractivity contribution in [2.75, 3.05) is 5.32 Å². The molecule has 12 heavy (non-hydrogen) atoms. The van der Waals surface area contributed by atoms with Crippen LogP contribution in [0.2, 0.25) is 5.02 Å². The Hall–Kier alpha value is -1.20. The molecule has 0 radical (unpaired) electrons. The van der Waals surface area contributed by atoms with Gasteiger partial charge in [-0.3, -0.25) is 0 Å². The minimum Gasteiger partial charge on any atom is -0.370 e. The van der Waals surface area contributed by atoms with Crippen LogP contribution in [0.15, 0.2) is 24.3 Å². The minimum atomic E-state index is -0.191. The molecule has 1 unspecified atom stereocenters. The molecule has 1 rings (SSSR count). The van der Waals surface area contributed by atoms with E-state index in [1.807, 2.05) is 12.1 Å². The smallest absolute Gasteiger partial charge is 0.111 e. The van der Waals surface area contributed by atoms with Crippen molar-refractivity contribution in [1.29, 1.82) is 5.26 Å². The molecule has 0 fully saturated rings. The SMILES string of the molecule is CC(C#N)Nc1cccc(Cl)c1. The summed E-state index contributed by atoms with van der Waals surface area (Å²) in [6.45, 7) is 1.79. The Bertz CT molecular complexity index is 304. The van der Waals surface area contributed by atoms with Gasteiger partial charge >= 0.3 is 0 Å². The molecule has 0 aromatic heterocycles. The molecule has 0 bridgehead atoms. The first kappa shape index (κ1) is 8.89. The number of halogens is 1. The largest absolute Gasteiger partial charge is 0.370 e. The Morgan fingerprint density at radius 3 is 2.92 bits per heavy atom. The number of nitrogens with one attached hydrogen (secondary N) is 1. The highest BCUT2D eigenvalue weighted by molar-refractivity contribution is 6.30. The molecule has 1 atom stereocenters. The molecule has 0 aliphatic rings. The average Bonchev–Trinajstić information content (AvgIpc) is 2.04. The molecule has 0 spiro atoms. The molecule has 62 valence electrons. The van der Waals surface area contributed by atoms with Gasteiger partial charge in [-0.15, -0.1) is 0 Å². The lowest BCUT2D eigenvalue weighted by Gasteiger charge is -2.07. The van der Waals surface area contributed by atoms with Gasteiger partial charge in [-0.1, -0.05) is 17.7 Å². The van der Waals surface area contributed by atoms with Gasteiger partial charge in [0.25, 0.3) is 0 Å². The fourth-order valence-corrected chi connectivity index (χ4v) is 1.05. The van der Waals surface area contributed by atoms with E-state index in [9.17, 15) is 0 Å². The maximum Gasteiger partial charge on any atom is 0.111 e. The molecule has 0 aliphatic heterocycles. The van der Waals surface area contributed by atoms with Gasteiger partial charge in [0.05, 0.1) is 6.07 Å². The van der Waals surface area contributed by atoms with Crippen LogP contribution >= 0.6 is 11.6 Å². The van der Waals surface area contributed by atoms with E-state index in [0.717, 1.165) is 5.69 Å². The maximum absolute atomic E-state index is 8.52. The molecule has 2 nitrogen and oxygen atoms in total. The van der Waals surface area contributed by atoms with Crippen LogP contribution in [0.4, 0.5) is 5.69 Å². The molecule has 0 aliphatic carbocycles. The van der Waals surface area contributed by atoms with Crippen LogP contribution in [-0.4, -0.2) is 6.04 Å².